The topological polar surface area (TPSA) is 43.3 Å². The van der Waals surface area contributed by atoms with Crippen molar-refractivity contribution in [1.82, 2.24) is 4.57 Å². The van der Waals surface area contributed by atoms with Crippen LogP contribution < -0.4 is 5.73 Å². The average molecular weight is 482 g/mol. The molecule has 0 aliphatic heterocycles. The van der Waals surface area contributed by atoms with E-state index in [1.165, 1.54) is 42.0 Å². The molecule has 172 valence electrons. The highest BCUT2D eigenvalue weighted by atomic mass is 32.1. The molecule has 0 bridgehead atoms. The summed E-state index contributed by atoms with van der Waals surface area (Å²) in [4.78, 5) is 4.60. The second-order valence-corrected chi connectivity index (χ2v) is 10.1. The molecule has 4 heteroatoms. The van der Waals surface area contributed by atoms with E-state index in [0.717, 1.165) is 16.8 Å². The fraction of sp³-hybridized carbons (Fsp3) is 0.0312. The predicted octanol–water partition coefficient (Wildman–Crippen LogP) is 8.06. The Bertz CT molecular complexity index is 1910. The molecule has 0 unspecified atom stereocenters. The zero-order valence-corrected chi connectivity index (χ0v) is 20.4. The average Bonchev–Trinajstić information content (AvgIpc) is 3.48. The molecule has 0 saturated heterocycles. The van der Waals surface area contributed by atoms with Crippen LogP contribution in [0.1, 0.15) is 11.1 Å². The van der Waals surface area contributed by atoms with Gasteiger partial charge in [0, 0.05) is 42.2 Å². The smallest absolute Gasteiger partial charge is 0.125 e. The first-order valence-corrected chi connectivity index (χ1v) is 12.9. The molecule has 0 amide bonds. The molecule has 0 fully saturated rings. The van der Waals surface area contributed by atoms with Crippen LogP contribution in [0.2, 0.25) is 0 Å². The number of aliphatic imine (C=N–C) groups is 1. The molecule has 7 aromatic rings. The van der Waals surface area contributed by atoms with Gasteiger partial charge in [0.05, 0.1) is 17.6 Å². The van der Waals surface area contributed by atoms with Crippen LogP contribution >= 0.6 is 11.3 Å². The van der Waals surface area contributed by atoms with E-state index in [1.807, 2.05) is 41.7 Å². The number of rotatable bonds is 4. The predicted molar refractivity (Wildman–Crippen MR) is 155 cm³/mol. The lowest BCUT2D eigenvalue weighted by molar-refractivity contribution is 1.05. The first kappa shape index (κ1) is 20.9. The van der Waals surface area contributed by atoms with Crippen LogP contribution in [-0.2, 0) is 6.54 Å². The summed E-state index contributed by atoms with van der Waals surface area (Å²) < 4.78 is 5.06. The SMILES string of the molecule is N/C(=N\Cc1ccc(-n2c3ccccc3c3c4sc5ccccc5c4ccc32)cc1)c1ccccc1. The maximum atomic E-state index is 6.19. The third kappa shape index (κ3) is 3.30. The number of hydrogen-bond donors (Lipinski definition) is 1. The van der Waals surface area contributed by atoms with Crippen molar-refractivity contribution in [3.63, 3.8) is 0 Å². The van der Waals surface area contributed by atoms with Gasteiger partial charge < -0.3 is 10.3 Å². The molecule has 5 aromatic carbocycles. The van der Waals surface area contributed by atoms with Gasteiger partial charge in [-0.1, -0.05) is 84.9 Å². The van der Waals surface area contributed by atoms with Crippen molar-refractivity contribution in [1.29, 1.82) is 0 Å². The number of aromatic nitrogens is 1. The lowest BCUT2D eigenvalue weighted by Crippen LogP contribution is -2.13. The van der Waals surface area contributed by atoms with Crippen LogP contribution in [0.5, 0.6) is 0 Å². The number of para-hydroxylation sites is 1. The standard InChI is InChI=1S/C32H23N3S/c33-32(22-8-2-1-3-9-22)34-20-21-14-16-23(17-15-21)35-27-12-6-4-11-26(27)30-28(35)19-18-25-24-10-5-7-13-29(24)36-31(25)30/h1-19H,20H2,(H2,33,34). The Balaban J connectivity index is 1.34. The number of amidine groups is 1. The van der Waals surface area contributed by atoms with E-state index in [0.29, 0.717) is 12.4 Å². The molecule has 0 radical (unpaired) electrons. The highest BCUT2D eigenvalue weighted by Gasteiger charge is 2.17. The highest BCUT2D eigenvalue weighted by molar-refractivity contribution is 7.26. The summed E-state index contributed by atoms with van der Waals surface area (Å²) in [6, 6.07) is 40.5. The summed E-state index contributed by atoms with van der Waals surface area (Å²) >= 11 is 1.88. The second kappa shape index (κ2) is 8.36. The van der Waals surface area contributed by atoms with Crippen molar-refractivity contribution in [2.24, 2.45) is 10.7 Å². The lowest BCUT2D eigenvalue weighted by atomic mass is 10.1. The van der Waals surface area contributed by atoms with Crippen LogP contribution in [0.25, 0.3) is 47.7 Å². The van der Waals surface area contributed by atoms with Crippen LogP contribution in [-0.4, -0.2) is 10.4 Å². The molecule has 2 heterocycles. The number of nitrogens with two attached hydrogens (primary N) is 1. The van der Waals surface area contributed by atoms with E-state index in [-0.39, 0.29) is 0 Å². The molecule has 0 aliphatic carbocycles. The highest BCUT2D eigenvalue weighted by Crippen LogP contribution is 2.43. The maximum Gasteiger partial charge on any atom is 0.125 e. The van der Waals surface area contributed by atoms with Gasteiger partial charge in [0.2, 0.25) is 0 Å². The third-order valence-electron chi connectivity index (χ3n) is 6.88. The summed E-state index contributed by atoms with van der Waals surface area (Å²) in [6.07, 6.45) is 0. The van der Waals surface area contributed by atoms with Crippen molar-refractivity contribution in [3.8, 4) is 5.69 Å². The van der Waals surface area contributed by atoms with Gasteiger partial charge in [-0.25, -0.2) is 0 Å². The Labute approximate surface area is 212 Å². The van der Waals surface area contributed by atoms with E-state index >= 15 is 0 Å². The zero-order valence-electron chi connectivity index (χ0n) is 19.6. The summed E-state index contributed by atoms with van der Waals surface area (Å²) in [5, 5.41) is 5.27. The normalized spacial score (nSPS) is 12.3. The largest absolute Gasteiger partial charge is 0.383 e. The Kier molecular flexibility index (Phi) is 4.86. The first-order valence-electron chi connectivity index (χ1n) is 12.1. The van der Waals surface area contributed by atoms with Gasteiger partial charge in [-0.05, 0) is 35.9 Å². The summed E-state index contributed by atoms with van der Waals surface area (Å²) in [6.45, 7) is 0.552. The molecular weight excluding hydrogens is 458 g/mol. The van der Waals surface area contributed by atoms with Crippen LogP contribution in [0.3, 0.4) is 0 Å². The molecule has 2 N–H and O–H groups in total. The quantitative estimate of drug-likeness (QED) is 0.200. The van der Waals surface area contributed by atoms with E-state index in [4.69, 9.17) is 5.73 Å². The molecule has 36 heavy (non-hydrogen) atoms. The summed E-state index contributed by atoms with van der Waals surface area (Å²) in [5.74, 6) is 0.564. The molecule has 0 spiro atoms. The number of nitrogens with zero attached hydrogens (tertiary/aromatic N) is 2. The first-order chi connectivity index (χ1) is 17.8. The van der Waals surface area contributed by atoms with Crippen molar-refractivity contribution < 1.29 is 0 Å². The maximum absolute atomic E-state index is 6.19. The number of fused-ring (bicyclic) bond motifs is 7. The van der Waals surface area contributed by atoms with Crippen molar-refractivity contribution in [2.75, 3.05) is 0 Å². The Morgan fingerprint density at radius 2 is 1.39 bits per heavy atom. The minimum absolute atomic E-state index is 0.552. The van der Waals surface area contributed by atoms with Gasteiger partial charge in [-0.15, -0.1) is 11.3 Å². The Morgan fingerprint density at radius 3 is 2.22 bits per heavy atom. The van der Waals surface area contributed by atoms with Gasteiger partial charge in [-0.3, -0.25) is 4.99 Å². The second-order valence-electron chi connectivity index (χ2n) is 9.02. The zero-order chi connectivity index (χ0) is 24.1. The summed E-state index contributed by atoms with van der Waals surface area (Å²) in [5.41, 5.74) is 11.9. The molecule has 0 aliphatic rings. The minimum Gasteiger partial charge on any atom is -0.383 e. The lowest BCUT2D eigenvalue weighted by Gasteiger charge is -2.09. The van der Waals surface area contributed by atoms with Crippen LogP contribution in [0.15, 0.2) is 120 Å². The Morgan fingerprint density at radius 1 is 0.667 bits per heavy atom. The molecule has 3 nitrogen and oxygen atoms in total. The van der Waals surface area contributed by atoms with Crippen LogP contribution in [0, 0.1) is 0 Å². The van der Waals surface area contributed by atoms with E-state index in [9.17, 15) is 0 Å². The fourth-order valence-electron chi connectivity index (χ4n) is 5.14. The monoisotopic (exact) mass is 481 g/mol. The van der Waals surface area contributed by atoms with E-state index in [1.54, 1.807) is 0 Å². The third-order valence-corrected chi connectivity index (χ3v) is 8.08. The van der Waals surface area contributed by atoms with Crippen LogP contribution in [0.4, 0.5) is 0 Å². The van der Waals surface area contributed by atoms with E-state index in [2.05, 4.69) is 94.5 Å². The number of thiophene rings is 1. The number of benzene rings is 5. The van der Waals surface area contributed by atoms with Crippen molar-refractivity contribution >= 4 is 59.2 Å². The Hall–Kier alpha value is -4.41. The summed E-state index contributed by atoms with van der Waals surface area (Å²) in [7, 11) is 0. The number of hydrogen-bond acceptors (Lipinski definition) is 2. The van der Waals surface area contributed by atoms with Crippen molar-refractivity contribution in [2.45, 2.75) is 6.54 Å². The molecular formula is C32H23N3S. The van der Waals surface area contributed by atoms with Gasteiger partial charge in [-0.2, -0.15) is 0 Å². The van der Waals surface area contributed by atoms with Crippen molar-refractivity contribution in [3.05, 3.63) is 126 Å². The van der Waals surface area contributed by atoms with E-state index < -0.39 is 0 Å². The molecule has 2 aromatic heterocycles. The van der Waals surface area contributed by atoms with Gasteiger partial charge in [0.25, 0.3) is 0 Å². The minimum atomic E-state index is 0.552. The van der Waals surface area contributed by atoms with Gasteiger partial charge in [0.15, 0.2) is 0 Å². The van der Waals surface area contributed by atoms with Gasteiger partial charge in [0.1, 0.15) is 5.84 Å². The van der Waals surface area contributed by atoms with Gasteiger partial charge >= 0.3 is 0 Å². The molecule has 0 atom stereocenters. The fourth-order valence-corrected chi connectivity index (χ4v) is 6.40. The molecule has 0 saturated carbocycles. The molecule has 7 rings (SSSR count).